The topological polar surface area (TPSA) is 46.9 Å². The summed E-state index contributed by atoms with van der Waals surface area (Å²) < 4.78 is 1.57. The predicted octanol–water partition coefficient (Wildman–Crippen LogP) is 2.87. The number of hydrogen-bond donors (Lipinski definition) is 1. The third-order valence-corrected chi connectivity index (χ3v) is 3.30. The molecule has 1 N–H and O–H groups in total. The van der Waals surface area contributed by atoms with Crippen molar-refractivity contribution in [2.45, 2.75) is 19.9 Å². The van der Waals surface area contributed by atoms with Crippen LogP contribution in [0.25, 0.3) is 0 Å². The monoisotopic (exact) mass is 277 g/mol. The lowest BCUT2D eigenvalue weighted by molar-refractivity contribution is 0.0930. The van der Waals surface area contributed by atoms with Gasteiger partial charge in [-0.25, -0.2) is 0 Å². The molecular formula is C14H16ClN3O. The Kier molecular flexibility index (Phi) is 3.90. The van der Waals surface area contributed by atoms with Crippen LogP contribution in [0.3, 0.4) is 0 Å². The van der Waals surface area contributed by atoms with Crippen LogP contribution >= 0.6 is 11.6 Å². The van der Waals surface area contributed by atoms with Crippen molar-refractivity contribution in [3.8, 4) is 0 Å². The second kappa shape index (κ2) is 5.45. The highest BCUT2D eigenvalue weighted by Gasteiger charge is 2.16. The van der Waals surface area contributed by atoms with Crippen LogP contribution in [-0.4, -0.2) is 15.7 Å². The van der Waals surface area contributed by atoms with E-state index < -0.39 is 0 Å². The summed E-state index contributed by atoms with van der Waals surface area (Å²) in [7, 11) is 1.75. The Morgan fingerprint density at radius 1 is 1.42 bits per heavy atom. The van der Waals surface area contributed by atoms with E-state index in [0.717, 1.165) is 11.3 Å². The number of nitrogens with zero attached hydrogens (tertiary/aromatic N) is 2. The molecule has 1 aromatic heterocycles. The number of rotatable bonds is 3. The summed E-state index contributed by atoms with van der Waals surface area (Å²) in [6.07, 6.45) is 0. The molecule has 5 heteroatoms. The van der Waals surface area contributed by atoms with Gasteiger partial charge in [-0.1, -0.05) is 29.8 Å². The molecule has 4 nitrogen and oxygen atoms in total. The minimum absolute atomic E-state index is 0.156. The van der Waals surface area contributed by atoms with E-state index in [-0.39, 0.29) is 11.9 Å². The van der Waals surface area contributed by atoms with Gasteiger partial charge >= 0.3 is 0 Å². The molecule has 0 aliphatic carbocycles. The maximum atomic E-state index is 12.2. The molecule has 0 fully saturated rings. The smallest absolute Gasteiger partial charge is 0.270 e. The second-order valence-corrected chi connectivity index (χ2v) is 4.92. The summed E-state index contributed by atoms with van der Waals surface area (Å²) in [5.74, 6) is -0.157. The number of carbonyl (C=O) groups excluding carboxylic acids is 1. The molecule has 0 saturated heterocycles. The van der Waals surface area contributed by atoms with E-state index in [2.05, 4.69) is 10.4 Å². The summed E-state index contributed by atoms with van der Waals surface area (Å²) in [6.45, 7) is 3.76. The first-order valence-electron chi connectivity index (χ1n) is 6.05. The summed E-state index contributed by atoms with van der Waals surface area (Å²) in [6, 6.07) is 9.09. The fourth-order valence-corrected chi connectivity index (χ4v) is 2.30. The first kappa shape index (κ1) is 13.6. The molecule has 0 aliphatic heterocycles. The van der Waals surface area contributed by atoms with Crippen molar-refractivity contribution in [3.05, 3.63) is 52.3 Å². The minimum Gasteiger partial charge on any atom is -0.344 e. The summed E-state index contributed by atoms with van der Waals surface area (Å²) >= 11 is 6.12. The fraction of sp³-hybridized carbons (Fsp3) is 0.286. The summed E-state index contributed by atoms with van der Waals surface area (Å²) in [4.78, 5) is 12.2. The molecule has 0 radical (unpaired) electrons. The lowest BCUT2D eigenvalue weighted by Crippen LogP contribution is -2.28. The molecule has 0 spiro atoms. The third kappa shape index (κ3) is 2.96. The highest BCUT2D eigenvalue weighted by molar-refractivity contribution is 6.31. The molecule has 1 amide bonds. The van der Waals surface area contributed by atoms with Crippen molar-refractivity contribution in [2.24, 2.45) is 7.05 Å². The van der Waals surface area contributed by atoms with Gasteiger partial charge in [-0.2, -0.15) is 5.10 Å². The standard InChI is InChI=1S/C14H16ClN3O/c1-9-8-13(18(3)17-9)14(19)16-10(2)11-6-4-5-7-12(11)15/h4-8,10H,1-3H3,(H,16,19). The first-order valence-corrected chi connectivity index (χ1v) is 6.42. The van der Waals surface area contributed by atoms with Crippen LogP contribution in [0.15, 0.2) is 30.3 Å². The normalized spacial score (nSPS) is 12.2. The lowest BCUT2D eigenvalue weighted by atomic mass is 10.1. The number of halogens is 1. The number of aryl methyl sites for hydroxylation is 2. The Hall–Kier alpha value is -1.81. The average molecular weight is 278 g/mol. The molecule has 1 aromatic carbocycles. The zero-order valence-electron chi connectivity index (χ0n) is 11.1. The van der Waals surface area contributed by atoms with Gasteiger partial charge in [0.25, 0.3) is 5.91 Å². The van der Waals surface area contributed by atoms with Gasteiger partial charge in [-0.05, 0) is 31.5 Å². The van der Waals surface area contributed by atoms with Gasteiger partial charge < -0.3 is 5.32 Å². The minimum atomic E-state index is -0.157. The number of nitrogens with one attached hydrogen (secondary N) is 1. The molecule has 0 aliphatic rings. The number of hydrogen-bond acceptors (Lipinski definition) is 2. The zero-order chi connectivity index (χ0) is 14.0. The fourth-order valence-electron chi connectivity index (χ4n) is 2.00. The number of amides is 1. The average Bonchev–Trinajstić information content (AvgIpc) is 2.69. The maximum absolute atomic E-state index is 12.2. The van der Waals surface area contributed by atoms with Gasteiger partial charge in [0.2, 0.25) is 0 Å². The van der Waals surface area contributed by atoms with Gasteiger partial charge in [-0.15, -0.1) is 0 Å². The molecule has 0 bridgehead atoms. The highest BCUT2D eigenvalue weighted by atomic mass is 35.5. The summed E-state index contributed by atoms with van der Waals surface area (Å²) in [5.41, 5.74) is 2.26. The maximum Gasteiger partial charge on any atom is 0.270 e. The number of benzene rings is 1. The van der Waals surface area contributed by atoms with E-state index in [1.807, 2.05) is 38.1 Å². The van der Waals surface area contributed by atoms with Crippen LogP contribution in [0.5, 0.6) is 0 Å². The second-order valence-electron chi connectivity index (χ2n) is 4.51. The zero-order valence-corrected chi connectivity index (χ0v) is 11.9. The van der Waals surface area contributed by atoms with Crippen LogP contribution in [0, 0.1) is 6.92 Å². The highest BCUT2D eigenvalue weighted by Crippen LogP contribution is 2.22. The van der Waals surface area contributed by atoms with E-state index in [9.17, 15) is 4.79 Å². The SMILES string of the molecule is Cc1cc(C(=O)NC(C)c2ccccc2Cl)n(C)n1. The largest absolute Gasteiger partial charge is 0.344 e. The molecule has 0 saturated carbocycles. The lowest BCUT2D eigenvalue weighted by Gasteiger charge is -2.15. The van der Waals surface area contributed by atoms with Gasteiger partial charge in [0.05, 0.1) is 11.7 Å². The van der Waals surface area contributed by atoms with E-state index in [0.29, 0.717) is 10.7 Å². The van der Waals surface area contributed by atoms with Gasteiger partial charge in [0.15, 0.2) is 0 Å². The van der Waals surface area contributed by atoms with Crippen molar-refractivity contribution < 1.29 is 4.79 Å². The van der Waals surface area contributed by atoms with Gasteiger partial charge in [-0.3, -0.25) is 9.48 Å². The Balaban J connectivity index is 2.15. The van der Waals surface area contributed by atoms with Gasteiger partial charge in [0.1, 0.15) is 5.69 Å². The van der Waals surface area contributed by atoms with Crippen molar-refractivity contribution in [3.63, 3.8) is 0 Å². The first-order chi connectivity index (χ1) is 8.99. The van der Waals surface area contributed by atoms with Crippen molar-refractivity contribution in [2.75, 3.05) is 0 Å². The molecule has 2 rings (SSSR count). The molecule has 100 valence electrons. The van der Waals surface area contributed by atoms with Crippen molar-refractivity contribution in [1.29, 1.82) is 0 Å². The molecular weight excluding hydrogens is 262 g/mol. The van der Waals surface area contributed by atoms with Crippen LogP contribution in [-0.2, 0) is 7.05 Å². The number of carbonyl (C=O) groups is 1. The Labute approximate surface area is 117 Å². The van der Waals surface area contributed by atoms with E-state index >= 15 is 0 Å². The van der Waals surface area contributed by atoms with E-state index in [1.54, 1.807) is 17.8 Å². The quantitative estimate of drug-likeness (QED) is 0.938. The number of aromatic nitrogens is 2. The molecule has 1 unspecified atom stereocenters. The Bertz CT molecular complexity index is 606. The molecule has 1 atom stereocenters. The van der Waals surface area contributed by atoms with Crippen LogP contribution in [0.2, 0.25) is 5.02 Å². The van der Waals surface area contributed by atoms with Crippen LogP contribution in [0.4, 0.5) is 0 Å². The molecule has 1 heterocycles. The van der Waals surface area contributed by atoms with Crippen molar-refractivity contribution in [1.82, 2.24) is 15.1 Å². The summed E-state index contributed by atoms with van der Waals surface area (Å²) in [5, 5.41) is 7.73. The van der Waals surface area contributed by atoms with Crippen LogP contribution in [0.1, 0.15) is 34.7 Å². The molecule has 19 heavy (non-hydrogen) atoms. The predicted molar refractivity (Wildman–Crippen MR) is 75.3 cm³/mol. The molecule has 2 aromatic rings. The van der Waals surface area contributed by atoms with E-state index in [1.165, 1.54) is 0 Å². The van der Waals surface area contributed by atoms with Crippen LogP contribution < -0.4 is 5.32 Å². The van der Waals surface area contributed by atoms with E-state index in [4.69, 9.17) is 11.6 Å². The Morgan fingerprint density at radius 2 is 2.11 bits per heavy atom. The third-order valence-electron chi connectivity index (χ3n) is 2.95. The Morgan fingerprint density at radius 3 is 2.68 bits per heavy atom. The van der Waals surface area contributed by atoms with Crippen molar-refractivity contribution >= 4 is 17.5 Å². The van der Waals surface area contributed by atoms with Gasteiger partial charge in [0, 0.05) is 12.1 Å².